The van der Waals surface area contributed by atoms with Crippen LogP contribution in [0.15, 0.2) is 0 Å². The van der Waals surface area contributed by atoms with Gasteiger partial charge in [-0.25, -0.2) is 4.79 Å². The molecular formula is C12H21NO4. The molecular weight excluding hydrogens is 222 g/mol. The predicted octanol–water partition coefficient (Wildman–Crippen LogP) is 2.15. The maximum atomic E-state index is 11.5. The molecule has 0 heterocycles. The van der Waals surface area contributed by atoms with E-state index in [4.69, 9.17) is 9.84 Å². The molecule has 1 saturated carbocycles. The van der Waals surface area contributed by atoms with Crippen molar-refractivity contribution in [3.63, 3.8) is 0 Å². The summed E-state index contributed by atoms with van der Waals surface area (Å²) in [7, 11) is 0. The molecule has 1 aliphatic rings. The summed E-state index contributed by atoms with van der Waals surface area (Å²) in [5.41, 5.74) is -1.25. The second-order valence-electron chi connectivity index (χ2n) is 5.95. The molecule has 5 heteroatoms. The number of amides is 1. The lowest BCUT2D eigenvalue weighted by atomic mass is 9.89. The fraction of sp³-hybridized carbons (Fsp3) is 0.833. The molecule has 0 bridgehead atoms. The van der Waals surface area contributed by atoms with E-state index in [-0.39, 0.29) is 6.04 Å². The van der Waals surface area contributed by atoms with E-state index in [1.807, 2.05) is 0 Å². The quantitative estimate of drug-likeness (QED) is 0.779. The zero-order valence-electron chi connectivity index (χ0n) is 10.9. The fourth-order valence-electron chi connectivity index (χ4n) is 2.03. The van der Waals surface area contributed by atoms with Crippen LogP contribution in [0.4, 0.5) is 4.79 Å². The van der Waals surface area contributed by atoms with Crippen molar-refractivity contribution < 1.29 is 19.4 Å². The Morgan fingerprint density at radius 1 is 1.41 bits per heavy atom. The third-order valence-corrected chi connectivity index (χ3v) is 2.98. The van der Waals surface area contributed by atoms with Gasteiger partial charge >= 0.3 is 12.1 Å². The summed E-state index contributed by atoms with van der Waals surface area (Å²) >= 11 is 0. The maximum absolute atomic E-state index is 11.5. The highest BCUT2D eigenvalue weighted by Gasteiger charge is 2.42. The van der Waals surface area contributed by atoms with Crippen molar-refractivity contribution in [1.82, 2.24) is 5.32 Å². The first-order valence-electron chi connectivity index (χ1n) is 5.85. The number of alkyl carbamates (subject to hydrolysis) is 1. The van der Waals surface area contributed by atoms with Gasteiger partial charge in [0.2, 0.25) is 0 Å². The molecule has 0 aromatic heterocycles. The Hall–Kier alpha value is -1.26. The number of rotatable bonds is 2. The van der Waals surface area contributed by atoms with E-state index in [1.165, 1.54) is 0 Å². The van der Waals surface area contributed by atoms with Gasteiger partial charge in [-0.1, -0.05) is 0 Å². The molecule has 0 aromatic rings. The van der Waals surface area contributed by atoms with Gasteiger partial charge in [-0.3, -0.25) is 4.79 Å². The van der Waals surface area contributed by atoms with E-state index in [0.29, 0.717) is 19.3 Å². The van der Waals surface area contributed by atoms with E-state index in [2.05, 4.69) is 5.32 Å². The minimum atomic E-state index is -0.800. The van der Waals surface area contributed by atoms with E-state index < -0.39 is 23.1 Å². The van der Waals surface area contributed by atoms with Crippen molar-refractivity contribution in [1.29, 1.82) is 0 Å². The number of carbonyl (C=O) groups excluding carboxylic acids is 1. The number of hydrogen-bond acceptors (Lipinski definition) is 3. The number of carbonyl (C=O) groups is 2. The van der Waals surface area contributed by atoms with Gasteiger partial charge in [-0.15, -0.1) is 0 Å². The molecule has 1 aliphatic carbocycles. The third kappa shape index (κ3) is 3.91. The van der Waals surface area contributed by atoms with Gasteiger partial charge in [-0.05, 0) is 47.0 Å². The van der Waals surface area contributed by atoms with E-state index in [0.717, 1.165) is 0 Å². The highest BCUT2D eigenvalue weighted by Crippen LogP contribution is 2.38. The third-order valence-electron chi connectivity index (χ3n) is 2.98. The van der Waals surface area contributed by atoms with Crippen LogP contribution in [0, 0.1) is 5.41 Å². The van der Waals surface area contributed by atoms with Crippen LogP contribution < -0.4 is 5.32 Å². The summed E-state index contributed by atoms with van der Waals surface area (Å²) in [4.78, 5) is 22.6. The normalized spacial score (nSPS) is 28.8. The smallest absolute Gasteiger partial charge is 0.407 e. The molecule has 98 valence electrons. The number of nitrogens with one attached hydrogen (secondary N) is 1. The zero-order valence-corrected chi connectivity index (χ0v) is 10.9. The van der Waals surface area contributed by atoms with Crippen LogP contribution in [0.5, 0.6) is 0 Å². The summed E-state index contributed by atoms with van der Waals surface area (Å²) in [6.45, 7) is 7.10. The van der Waals surface area contributed by atoms with Crippen molar-refractivity contribution in [2.75, 3.05) is 0 Å². The molecule has 0 saturated heterocycles. The van der Waals surface area contributed by atoms with Crippen molar-refractivity contribution >= 4 is 12.1 Å². The summed E-state index contributed by atoms with van der Waals surface area (Å²) < 4.78 is 5.13. The minimum absolute atomic E-state index is 0.106. The average molecular weight is 243 g/mol. The van der Waals surface area contributed by atoms with Crippen LogP contribution in [0.1, 0.15) is 47.0 Å². The Bertz CT molecular complexity index is 321. The standard InChI is InChI=1S/C12H21NO4/c1-11(2,3)17-10(16)13-8-5-6-12(4,7-8)9(14)15/h8H,5-7H2,1-4H3,(H,13,16)(H,14,15). The van der Waals surface area contributed by atoms with Gasteiger partial charge in [0.15, 0.2) is 0 Å². The lowest BCUT2D eigenvalue weighted by Gasteiger charge is -2.22. The van der Waals surface area contributed by atoms with Crippen LogP contribution in [-0.4, -0.2) is 28.8 Å². The van der Waals surface area contributed by atoms with E-state index in [9.17, 15) is 9.59 Å². The lowest BCUT2D eigenvalue weighted by molar-refractivity contribution is -0.147. The van der Waals surface area contributed by atoms with Gasteiger partial charge in [0.1, 0.15) is 5.60 Å². The summed E-state index contributed by atoms with van der Waals surface area (Å²) in [6, 6.07) is -0.106. The first-order chi connectivity index (χ1) is 7.62. The predicted molar refractivity (Wildman–Crippen MR) is 62.8 cm³/mol. The van der Waals surface area contributed by atoms with Crippen LogP contribution in [0.25, 0.3) is 0 Å². The zero-order chi connectivity index (χ0) is 13.3. The van der Waals surface area contributed by atoms with Gasteiger partial charge in [-0.2, -0.15) is 0 Å². The van der Waals surface area contributed by atoms with Crippen LogP contribution in [0.2, 0.25) is 0 Å². The number of ether oxygens (including phenoxy) is 1. The Labute approximate surface area is 102 Å². The maximum Gasteiger partial charge on any atom is 0.407 e. The van der Waals surface area contributed by atoms with Crippen molar-refractivity contribution in [2.45, 2.75) is 58.6 Å². The summed E-state index contributed by atoms with van der Waals surface area (Å²) in [6.07, 6.45) is 1.25. The van der Waals surface area contributed by atoms with Crippen molar-refractivity contribution in [2.24, 2.45) is 5.41 Å². The Kier molecular flexibility index (Phi) is 3.69. The molecule has 5 nitrogen and oxygen atoms in total. The number of hydrogen-bond donors (Lipinski definition) is 2. The van der Waals surface area contributed by atoms with Crippen LogP contribution in [0.3, 0.4) is 0 Å². The Balaban J connectivity index is 2.46. The average Bonchev–Trinajstić information content (AvgIpc) is 2.45. The molecule has 0 aliphatic heterocycles. The second kappa shape index (κ2) is 4.55. The molecule has 1 fully saturated rings. The largest absolute Gasteiger partial charge is 0.481 e. The number of carboxylic acid groups (broad SMARTS) is 1. The van der Waals surface area contributed by atoms with E-state index >= 15 is 0 Å². The highest BCUT2D eigenvalue weighted by atomic mass is 16.6. The van der Waals surface area contributed by atoms with Gasteiger partial charge in [0.25, 0.3) is 0 Å². The molecule has 2 unspecified atom stereocenters. The highest BCUT2D eigenvalue weighted by molar-refractivity contribution is 5.75. The van der Waals surface area contributed by atoms with Gasteiger partial charge < -0.3 is 15.2 Å². The second-order valence-corrected chi connectivity index (χ2v) is 5.95. The molecule has 1 amide bonds. The Morgan fingerprint density at radius 2 is 2.00 bits per heavy atom. The van der Waals surface area contributed by atoms with Crippen LogP contribution in [-0.2, 0) is 9.53 Å². The first-order valence-corrected chi connectivity index (χ1v) is 5.85. The summed E-state index contributed by atoms with van der Waals surface area (Å²) in [5.74, 6) is -0.800. The molecule has 0 aromatic carbocycles. The molecule has 0 radical (unpaired) electrons. The Morgan fingerprint density at radius 3 is 2.41 bits per heavy atom. The molecule has 2 N–H and O–H groups in total. The van der Waals surface area contributed by atoms with Crippen LogP contribution >= 0.6 is 0 Å². The summed E-state index contributed by atoms with van der Waals surface area (Å²) in [5, 5.41) is 11.8. The van der Waals surface area contributed by atoms with Crippen molar-refractivity contribution in [3.8, 4) is 0 Å². The number of aliphatic carboxylic acids is 1. The lowest BCUT2D eigenvalue weighted by Crippen LogP contribution is -2.39. The van der Waals surface area contributed by atoms with Crippen molar-refractivity contribution in [3.05, 3.63) is 0 Å². The molecule has 17 heavy (non-hydrogen) atoms. The topological polar surface area (TPSA) is 75.6 Å². The first kappa shape index (κ1) is 13.8. The molecule has 2 atom stereocenters. The van der Waals surface area contributed by atoms with Gasteiger partial charge in [0.05, 0.1) is 5.41 Å². The number of carboxylic acids is 1. The molecule has 0 spiro atoms. The van der Waals surface area contributed by atoms with Gasteiger partial charge in [0, 0.05) is 6.04 Å². The van der Waals surface area contributed by atoms with E-state index in [1.54, 1.807) is 27.7 Å². The molecule has 1 rings (SSSR count). The minimum Gasteiger partial charge on any atom is -0.481 e. The SMILES string of the molecule is CC(C)(C)OC(=O)NC1CCC(C)(C(=O)O)C1. The fourth-order valence-corrected chi connectivity index (χ4v) is 2.03. The monoisotopic (exact) mass is 243 g/mol.